The van der Waals surface area contributed by atoms with Crippen molar-refractivity contribution in [1.29, 1.82) is 0 Å². The van der Waals surface area contributed by atoms with Gasteiger partial charge in [0.05, 0.1) is 18.6 Å². The normalized spacial score (nSPS) is 14.5. The number of ether oxygens (including phenoxy) is 1. The molecule has 0 aliphatic rings. The summed E-state index contributed by atoms with van der Waals surface area (Å²) in [5, 5.41) is 9.06. The predicted molar refractivity (Wildman–Crippen MR) is 56.2 cm³/mol. The molecule has 1 atom stereocenters. The number of hydrogen-bond acceptors (Lipinski definition) is 2. The Morgan fingerprint density at radius 1 is 1.38 bits per heavy atom. The Morgan fingerprint density at radius 3 is 2.46 bits per heavy atom. The Hall–Kier alpha value is 0.210. The zero-order valence-electron chi connectivity index (χ0n) is 8.85. The Balaban J connectivity index is 3.18. The van der Waals surface area contributed by atoms with Gasteiger partial charge in [-0.15, -0.1) is 11.6 Å². The predicted octanol–water partition coefficient (Wildman–Crippen LogP) is 2.43. The van der Waals surface area contributed by atoms with E-state index in [1.165, 1.54) is 0 Å². The van der Waals surface area contributed by atoms with Gasteiger partial charge in [-0.25, -0.2) is 0 Å². The minimum Gasteiger partial charge on any atom is -0.389 e. The first-order valence-electron chi connectivity index (χ1n) is 4.77. The van der Waals surface area contributed by atoms with Crippen LogP contribution in [0.1, 0.15) is 33.6 Å². The number of hydrogen-bond donors (Lipinski definition) is 1. The van der Waals surface area contributed by atoms with Crippen LogP contribution in [0.5, 0.6) is 0 Å². The van der Waals surface area contributed by atoms with Crippen molar-refractivity contribution in [3.63, 3.8) is 0 Å². The number of alkyl halides is 1. The highest BCUT2D eigenvalue weighted by Gasteiger charge is 2.09. The lowest BCUT2D eigenvalue weighted by atomic mass is 9.91. The molecule has 0 aliphatic heterocycles. The van der Waals surface area contributed by atoms with Crippen molar-refractivity contribution in [2.75, 3.05) is 19.1 Å². The molecular weight excluding hydrogens is 188 g/mol. The SMILES string of the molecule is CC(C)(C)CCCOCC(O)CCl. The first kappa shape index (κ1) is 13.2. The van der Waals surface area contributed by atoms with Gasteiger partial charge in [-0.3, -0.25) is 0 Å². The number of halogens is 1. The third-order valence-electron chi connectivity index (χ3n) is 1.70. The van der Waals surface area contributed by atoms with E-state index in [-0.39, 0.29) is 5.88 Å². The summed E-state index contributed by atoms with van der Waals surface area (Å²) in [7, 11) is 0. The van der Waals surface area contributed by atoms with Crippen molar-refractivity contribution in [3.8, 4) is 0 Å². The highest BCUT2D eigenvalue weighted by molar-refractivity contribution is 6.18. The third-order valence-corrected chi connectivity index (χ3v) is 2.06. The minimum atomic E-state index is -0.517. The van der Waals surface area contributed by atoms with Crippen molar-refractivity contribution >= 4 is 11.6 Å². The average molecular weight is 209 g/mol. The molecule has 0 aromatic heterocycles. The molecule has 0 aliphatic carbocycles. The van der Waals surface area contributed by atoms with Crippen LogP contribution in [-0.2, 0) is 4.74 Å². The second-order valence-corrected chi connectivity index (χ2v) is 4.86. The molecule has 0 saturated heterocycles. The fraction of sp³-hybridized carbons (Fsp3) is 1.00. The van der Waals surface area contributed by atoms with Gasteiger partial charge in [-0.1, -0.05) is 20.8 Å². The third kappa shape index (κ3) is 10.1. The van der Waals surface area contributed by atoms with Gasteiger partial charge < -0.3 is 9.84 Å². The van der Waals surface area contributed by atoms with E-state index in [1.807, 2.05) is 0 Å². The van der Waals surface area contributed by atoms with Gasteiger partial charge in [0.2, 0.25) is 0 Å². The lowest BCUT2D eigenvalue weighted by Gasteiger charge is -2.17. The molecular formula is C10H21ClO2. The molecule has 3 heteroatoms. The summed E-state index contributed by atoms with van der Waals surface area (Å²) in [4.78, 5) is 0. The monoisotopic (exact) mass is 208 g/mol. The fourth-order valence-electron chi connectivity index (χ4n) is 0.968. The lowest BCUT2D eigenvalue weighted by molar-refractivity contribution is 0.0436. The van der Waals surface area contributed by atoms with Crippen LogP contribution in [0, 0.1) is 5.41 Å². The van der Waals surface area contributed by atoms with Gasteiger partial charge in [0.1, 0.15) is 0 Å². The molecule has 1 unspecified atom stereocenters. The van der Waals surface area contributed by atoms with E-state index in [2.05, 4.69) is 20.8 Å². The Bertz CT molecular complexity index is 121. The summed E-state index contributed by atoms with van der Waals surface area (Å²) in [6.07, 6.45) is 1.67. The molecule has 13 heavy (non-hydrogen) atoms. The summed E-state index contributed by atoms with van der Waals surface area (Å²) in [5.41, 5.74) is 0.370. The molecule has 0 saturated carbocycles. The molecule has 0 heterocycles. The highest BCUT2D eigenvalue weighted by atomic mass is 35.5. The molecule has 0 aromatic rings. The van der Waals surface area contributed by atoms with E-state index in [9.17, 15) is 0 Å². The molecule has 0 bridgehead atoms. The fourth-order valence-corrected chi connectivity index (χ4v) is 1.06. The Labute approximate surface area is 86.2 Å². The second-order valence-electron chi connectivity index (χ2n) is 4.55. The maximum Gasteiger partial charge on any atom is 0.0908 e. The maximum atomic E-state index is 9.06. The van der Waals surface area contributed by atoms with Gasteiger partial charge in [0, 0.05) is 6.61 Å². The molecule has 1 N–H and O–H groups in total. The van der Waals surface area contributed by atoms with Crippen LogP contribution in [0.15, 0.2) is 0 Å². The van der Waals surface area contributed by atoms with Crippen LogP contribution in [-0.4, -0.2) is 30.3 Å². The van der Waals surface area contributed by atoms with E-state index in [1.54, 1.807) is 0 Å². The first-order chi connectivity index (χ1) is 5.95. The van der Waals surface area contributed by atoms with Crippen LogP contribution in [0.25, 0.3) is 0 Å². The van der Waals surface area contributed by atoms with Crippen LogP contribution in [0.2, 0.25) is 0 Å². The molecule has 2 nitrogen and oxygen atoms in total. The topological polar surface area (TPSA) is 29.5 Å². The van der Waals surface area contributed by atoms with Gasteiger partial charge >= 0.3 is 0 Å². The maximum absolute atomic E-state index is 9.06. The molecule has 0 amide bonds. The summed E-state index contributed by atoms with van der Waals surface area (Å²) in [6, 6.07) is 0. The van der Waals surface area contributed by atoms with Crippen molar-refractivity contribution in [2.24, 2.45) is 5.41 Å². The van der Waals surface area contributed by atoms with E-state index < -0.39 is 6.10 Å². The molecule has 0 rings (SSSR count). The number of aliphatic hydroxyl groups excluding tert-OH is 1. The standard InChI is InChI=1S/C10H21ClO2/c1-10(2,3)5-4-6-13-8-9(12)7-11/h9,12H,4-8H2,1-3H3. The quantitative estimate of drug-likeness (QED) is 0.537. The van der Waals surface area contributed by atoms with E-state index in [0.717, 1.165) is 12.8 Å². The Morgan fingerprint density at radius 2 is 2.00 bits per heavy atom. The summed E-state index contributed by atoms with van der Waals surface area (Å²) in [5.74, 6) is 0.249. The lowest BCUT2D eigenvalue weighted by Crippen LogP contribution is -2.17. The number of aliphatic hydroxyl groups is 1. The summed E-state index contributed by atoms with van der Waals surface area (Å²) in [6.45, 7) is 7.70. The smallest absolute Gasteiger partial charge is 0.0908 e. The minimum absolute atomic E-state index is 0.249. The first-order valence-corrected chi connectivity index (χ1v) is 5.31. The van der Waals surface area contributed by atoms with E-state index in [0.29, 0.717) is 18.6 Å². The van der Waals surface area contributed by atoms with Crippen LogP contribution in [0.3, 0.4) is 0 Å². The zero-order chi connectivity index (χ0) is 10.3. The Kier molecular flexibility index (Phi) is 6.74. The van der Waals surface area contributed by atoms with Gasteiger partial charge in [0.15, 0.2) is 0 Å². The molecule has 0 aromatic carbocycles. The van der Waals surface area contributed by atoms with Gasteiger partial charge in [-0.2, -0.15) is 0 Å². The average Bonchev–Trinajstić information content (AvgIpc) is 2.01. The second kappa shape index (κ2) is 6.63. The zero-order valence-corrected chi connectivity index (χ0v) is 9.60. The number of rotatable bonds is 6. The highest BCUT2D eigenvalue weighted by Crippen LogP contribution is 2.20. The summed E-state index contributed by atoms with van der Waals surface area (Å²) >= 11 is 5.41. The van der Waals surface area contributed by atoms with Crippen LogP contribution in [0.4, 0.5) is 0 Å². The van der Waals surface area contributed by atoms with Crippen molar-refractivity contribution in [2.45, 2.75) is 39.7 Å². The molecule has 0 fully saturated rings. The molecule has 0 spiro atoms. The van der Waals surface area contributed by atoms with E-state index in [4.69, 9.17) is 21.4 Å². The van der Waals surface area contributed by atoms with Crippen LogP contribution >= 0.6 is 11.6 Å². The van der Waals surface area contributed by atoms with Crippen molar-refractivity contribution in [3.05, 3.63) is 0 Å². The van der Waals surface area contributed by atoms with Gasteiger partial charge in [0.25, 0.3) is 0 Å². The molecule has 0 radical (unpaired) electrons. The van der Waals surface area contributed by atoms with Crippen molar-refractivity contribution in [1.82, 2.24) is 0 Å². The largest absolute Gasteiger partial charge is 0.389 e. The van der Waals surface area contributed by atoms with Crippen molar-refractivity contribution < 1.29 is 9.84 Å². The van der Waals surface area contributed by atoms with Crippen LogP contribution < -0.4 is 0 Å². The van der Waals surface area contributed by atoms with E-state index >= 15 is 0 Å². The molecule has 80 valence electrons. The van der Waals surface area contributed by atoms with Gasteiger partial charge in [-0.05, 0) is 18.3 Å². The summed E-state index contributed by atoms with van der Waals surface area (Å²) < 4.78 is 5.25.